The number of anilines is 2. The molecule has 0 unspecified atom stereocenters. The van der Waals surface area contributed by atoms with E-state index in [4.69, 9.17) is 16.2 Å². The minimum atomic E-state index is -4.46. The van der Waals surface area contributed by atoms with Crippen molar-refractivity contribution in [2.45, 2.75) is 38.8 Å². The van der Waals surface area contributed by atoms with Crippen molar-refractivity contribution in [3.8, 4) is 5.75 Å². The zero-order valence-corrected chi connectivity index (χ0v) is 10.9. The molecule has 0 atom stereocenters. The van der Waals surface area contributed by atoms with Gasteiger partial charge in [-0.3, -0.25) is 0 Å². The van der Waals surface area contributed by atoms with E-state index in [0.717, 1.165) is 37.8 Å². The minimum Gasteiger partial charge on any atom is -0.489 e. The average Bonchev–Trinajstić information content (AvgIpc) is 2.30. The normalized spacial score (nSPS) is 11.6. The van der Waals surface area contributed by atoms with Crippen molar-refractivity contribution in [3.05, 3.63) is 17.7 Å². The smallest absolute Gasteiger partial charge is 0.416 e. The van der Waals surface area contributed by atoms with Gasteiger partial charge in [-0.05, 0) is 18.6 Å². The first kappa shape index (κ1) is 15.5. The number of benzene rings is 1. The van der Waals surface area contributed by atoms with Crippen molar-refractivity contribution in [3.63, 3.8) is 0 Å². The van der Waals surface area contributed by atoms with Gasteiger partial charge >= 0.3 is 6.18 Å². The molecule has 1 aromatic carbocycles. The number of hydrogen-bond donors (Lipinski definition) is 2. The van der Waals surface area contributed by atoms with Crippen LogP contribution in [0, 0.1) is 0 Å². The lowest BCUT2D eigenvalue weighted by atomic mass is 10.1. The van der Waals surface area contributed by atoms with Gasteiger partial charge in [0.25, 0.3) is 0 Å². The highest BCUT2D eigenvalue weighted by atomic mass is 19.4. The van der Waals surface area contributed by atoms with E-state index >= 15 is 0 Å². The third-order valence-electron chi connectivity index (χ3n) is 2.72. The number of unbranched alkanes of at least 4 members (excludes halogenated alkanes) is 3. The predicted molar refractivity (Wildman–Crippen MR) is 69.9 cm³/mol. The molecule has 0 aliphatic heterocycles. The molecule has 0 aromatic heterocycles. The van der Waals surface area contributed by atoms with E-state index in [-0.39, 0.29) is 17.1 Å². The fourth-order valence-corrected chi connectivity index (χ4v) is 1.71. The van der Waals surface area contributed by atoms with Crippen LogP contribution >= 0.6 is 0 Å². The molecule has 0 bridgehead atoms. The highest BCUT2D eigenvalue weighted by Gasteiger charge is 2.32. The molecule has 0 spiro atoms. The maximum atomic E-state index is 12.5. The summed E-state index contributed by atoms with van der Waals surface area (Å²) in [6.07, 6.45) is -0.418. The number of halogens is 3. The lowest BCUT2D eigenvalue weighted by Gasteiger charge is -2.14. The Labute approximate surface area is 110 Å². The Bertz CT molecular complexity index is 396. The van der Waals surface area contributed by atoms with Gasteiger partial charge in [0.05, 0.1) is 23.5 Å². The Balaban J connectivity index is 2.70. The van der Waals surface area contributed by atoms with E-state index in [1.165, 1.54) is 0 Å². The highest BCUT2D eigenvalue weighted by Crippen LogP contribution is 2.37. The molecule has 0 heterocycles. The van der Waals surface area contributed by atoms with Crippen molar-refractivity contribution in [1.82, 2.24) is 0 Å². The number of rotatable bonds is 6. The van der Waals surface area contributed by atoms with E-state index in [1.807, 2.05) is 0 Å². The summed E-state index contributed by atoms with van der Waals surface area (Å²) in [5.74, 6) is 0.143. The largest absolute Gasteiger partial charge is 0.489 e. The SMILES string of the molecule is CCCCCCOc1c(N)cc(C(F)(F)F)cc1N. The lowest BCUT2D eigenvalue weighted by molar-refractivity contribution is -0.137. The molecular weight excluding hydrogens is 257 g/mol. The van der Waals surface area contributed by atoms with Crippen molar-refractivity contribution in [1.29, 1.82) is 0 Å². The van der Waals surface area contributed by atoms with Gasteiger partial charge in [0.15, 0.2) is 5.75 Å². The second-order valence-corrected chi connectivity index (χ2v) is 4.39. The van der Waals surface area contributed by atoms with E-state index < -0.39 is 11.7 Å². The summed E-state index contributed by atoms with van der Waals surface area (Å²) < 4.78 is 42.9. The molecule has 0 saturated carbocycles. The quantitative estimate of drug-likeness (QED) is 0.613. The maximum Gasteiger partial charge on any atom is 0.416 e. The van der Waals surface area contributed by atoms with Crippen molar-refractivity contribution in [2.24, 2.45) is 0 Å². The first-order valence-electron chi connectivity index (χ1n) is 6.25. The summed E-state index contributed by atoms with van der Waals surface area (Å²) in [5.41, 5.74) is 10.1. The van der Waals surface area contributed by atoms with Crippen LogP contribution in [0.3, 0.4) is 0 Å². The van der Waals surface area contributed by atoms with Crippen LogP contribution in [0.2, 0.25) is 0 Å². The Morgan fingerprint density at radius 2 is 1.63 bits per heavy atom. The molecule has 19 heavy (non-hydrogen) atoms. The molecule has 3 nitrogen and oxygen atoms in total. The summed E-state index contributed by atoms with van der Waals surface area (Å²) in [5, 5.41) is 0. The highest BCUT2D eigenvalue weighted by molar-refractivity contribution is 5.69. The molecule has 0 aliphatic carbocycles. The van der Waals surface area contributed by atoms with Crippen LogP contribution < -0.4 is 16.2 Å². The molecule has 1 aromatic rings. The van der Waals surface area contributed by atoms with E-state index in [0.29, 0.717) is 6.61 Å². The molecule has 108 valence electrons. The third-order valence-corrected chi connectivity index (χ3v) is 2.72. The number of ether oxygens (including phenoxy) is 1. The van der Waals surface area contributed by atoms with Crippen LogP contribution in [0.25, 0.3) is 0 Å². The Morgan fingerprint density at radius 3 is 2.11 bits per heavy atom. The molecule has 0 radical (unpaired) electrons. The maximum absolute atomic E-state index is 12.5. The molecule has 6 heteroatoms. The zero-order valence-electron chi connectivity index (χ0n) is 10.9. The molecule has 0 aliphatic rings. The monoisotopic (exact) mass is 276 g/mol. The van der Waals surface area contributed by atoms with Crippen LogP contribution in [0.15, 0.2) is 12.1 Å². The molecular formula is C13H19F3N2O. The van der Waals surface area contributed by atoms with Crippen LogP contribution in [0.1, 0.15) is 38.2 Å². The number of nitrogens with two attached hydrogens (primary N) is 2. The van der Waals surface area contributed by atoms with Crippen LogP contribution in [0.4, 0.5) is 24.5 Å². The summed E-state index contributed by atoms with van der Waals surface area (Å²) in [6.45, 7) is 2.49. The van der Waals surface area contributed by atoms with Gasteiger partial charge in [-0.25, -0.2) is 0 Å². The second-order valence-electron chi connectivity index (χ2n) is 4.39. The molecule has 4 N–H and O–H groups in total. The van der Waals surface area contributed by atoms with Gasteiger partial charge in [0.2, 0.25) is 0 Å². The zero-order chi connectivity index (χ0) is 14.5. The lowest BCUT2D eigenvalue weighted by Crippen LogP contribution is -2.09. The van der Waals surface area contributed by atoms with Crippen molar-refractivity contribution in [2.75, 3.05) is 18.1 Å². The second kappa shape index (κ2) is 6.54. The minimum absolute atomic E-state index is 0.0807. The van der Waals surface area contributed by atoms with Gasteiger partial charge in [0.1, 0.15) is 0 Å². The Hall–Kier alpha value is -1.59. The number of nitrogen functional groups attached to an aromatic ring is 2. The topological polar surface area (TPSA) is 61.3 Å². The Morgan fingerprint density at radius 1 is 1.05 bits per heavy atom. The van der Waals surface area contributed by atoms with Crippen LogP contribution in [-0.2, 0) is 6.18 Å². The molecule has 0 fully saturated rings. The fourth-order valence-electron chi connectivity index (χ4n) is 1.71. The molecule has 0 saturated heterocycles. The van der Waals surface area contributed by atoms with E-state index in [1.54, 1.807) is 0 Å². The first-order chi connectivity index (χ1) is 8.86. The predicted octanol–water partition coefficient (Wildman–Crippen LogP) is 3.83. The van der Waals surface area contributed by atoms with Gasteiger partial charge in [-0.2, -0.15) is 13.2 Å². The summed E-state index contributed by atoms with van der Waals surface area (Å²) in [7, 11) is 0. The standard InChI is InChI=1S/C13H19F3N2O/c1-2-3-4-5-6-19-12-10(17)7-9(8-11(12)18)13(14,15)16/h7-8H,2-6,17-18H2,1H3. The summed E-state index contributed by atoms with van der Waals surface area (Å²) >= 11 is 0. The van der Waals surface area contributed by atoms with Gasteiger partial charge in [-0.1, -0.05) is 26.2 Å². The summed E-state index contributed by atoms with van der Waals surface area (Å²) in [6, 6.07) is 1.69. The van der Waals surface area contributed by atoms with Crippen LogP contribution in [-0.4, -0.2) is 6.61 Å². The molecule has 1 rings (SSSR count). The fraction of sp³-hybridized carbons (Fsp3) is 0.538. The van der Waals surface area contributed by atoms with Gasteiger partial charge < -0.3 is 16.2 Å². The van der Waals surface area contributed by atoms with Gasteiger partial charge in [-0.15, -0.1) is 0 Å². The van der Waals surface area contributed by atoms with Crippen molar-refractivity contribution < 1.29 is 17.9 Å². The average molecular weight is 276 g/mol. The molecule has 0 amide bonds. The number of alkyl halides is 3. The first-order valence-corrected chi connectivity index (χ1v) is 6.25. The van der Waals surface area contributed by atoms with Gasteiger partial charge in [0, 0.05) is 0 Å². The third kappa shape index (κ3) is 4.54. The van der Waals surface area contributed by atoms with Crippen molar-refractivity contribution >= 4 is 11.4 Å². The van der Waals surface area contributed by atoms with E-state index in [9.17, 15) is 13.2 Å². The Kier molecular flexibility index (Phi) is 5.32. The van der Waals surface area contributed by atoms with Crippen LogP contribution in [0.5, 0.6) is 5.75 Å². The number of hydrogen-bond acceptors (Lipinski definition) is 3. The summed E-state index contributed by atoms with van der Waals surface area (Å²) in [4.78, 5) is 0. The van der Waals surface area contributed by atoms with E-state index in [2.05, 4.69) is 6.92 Å².